The third-order valence-corrected chi connectivity index (χ3v) is 4.83. The molecular weight excluding hydrogens is 374 g/mol. The first-order valence-corrected chi connectivity index (χ1v) is 5.02. The zero-order valence-electron chi connectivity index (χ0n) is 5.56. The summed E-state index contributed by atoms with van der Waals surface area (Å²) in [6.07, 6.45) is 0. The minimum atomic E-state index is 0.858. The van der Waals surface area contributed by atoms with Crippen molar-refractivity contribution in [3.63, 3.8) is 0 Å². The van der Waals surface area contributed by atoms with Crippen LogP contribution in [-0.2, 0) is 0 Å². The lowest BCUT2D eigenvalue weighted by molar-refractivity contribution is 1.17. The molecule has 5 heteroatoms. The summed E-state index contributed by atoms with van der Waals surface area (Å²) in [5, 5.41) is 0. The number of hydrogen-bond donors (Lipinski definition) is 0. The van der Waals surface area contributed by atoms with Gasteiger partial charge in [-0.3, -0.25) is 5.56 Å². The van der Waals surface area contributed by atoms with Crippen LogP contribution in [0.4, 0.5) is 0 Å². The lowest BCUT2D eigenvalue weighted by Crippen LogP contribution is -1.81. The molecule has 0 aliphatic rings. The van der Waals surface area contributed by atoms with E-state index in [4.69, 9.17) is 12.2 Å². The molecule has 0 bridgehead atoms. The number of imidazole rings is 1. The quantitative estimate of drug-likeness (QED) is 0.497. The first-order valence-electron chi connectivity index (χ1n) is 2.69. The fourth-order valence-corrected chi connectivity index (χ4v) is 2.46. The van der Waals surface area contributed by atoms with Crippen molar-refractivity contribution >= 4 is 57.9 Å². The van der Waals surface area contributed by atoms with Crippen LogP contribution in [0.1, 0.15) is 11.4 Å². The molecule has 0 fully saturated rings. The Morgan fingerprint density at radius 3 is 1.50 bits per heavy atom. The molecule has 0 aromatic carbocycles. The van der Waals surface area contributed by atoms with Gasteiger partial charge in [-0.25, -0.2) is 0 Å². The molecule has 1 aromatic heterocycles. The summed E-state index contributed by atoms with van der Waals surface area (Å²) < 4.78 is 4.82. The van der Waals surface area contributed by atoms with Crippen LogP contribution in [0.5, 0.6) is 0 Å². The van der Waals surface area contributed by atoms with Crippen LogP contribution in [0, 0.1) is 18.6 Å². The summed E-state index contributed by atoms with van der Waals surface area (Å²) in [7, 11) is 0. The molecule has 0 radical (unpaired) electrons. The van der Waals surface area contributed by atoms with Crippen molar-refractivity contribution in [2.75, 3.05) is 0 Å². The van der Waals surface area contributed by atoms with Gasteiger partial charge in [-0.2, -0.15) is 0 Å². The summed E-state index contributed by atoms with van der Waals surface area (Å²) in [5.41, 5.74) is 2.44. The Morgan fingerprint density at radius 2 is 1.40 bits per heavy atom. The van der Waals surface area contributed by atoms with Crippen LogP contribution < -0.4 is 0 Å². The molecule has 0 saturated heterocycles. The number of halogens is 2. The minimum Gasteiger partial charge on any atom is -0.261 e. The highest BCUT2D eigenvalue weighted by atomic mass is 127. The smallest absolute Gasteiger partial charge is 0.198 e. The van der Waals surface area contributed by atoms with Gasteiger partial charge in [-0.1, -0.05) is 0 Å². The largest absolute Gasteiger partial charge is 0.261 e. The van der Waals surface area contributed by atoms with E-state index in [0.717, 1.165) is 4.77 Å². The van der Waals surface area contributed by atoms with Crippen molar-refractivity contribution in [3.8, 4) is 0 Å². The number of aromatic nitrogens is 2. The van der Waals surface area contributed by atoms with Gasteiger partial charge in [0.05, 0.1) is 45.7 Å². The number of rotatable bonds is 0. The molecule has 0 spiro atoms. The summed E-state index contributed by atoms with van der Waals surface area (Å²) in [5.74, 6) is 0. The fourth-order valence-electron chi connectivity index (χ4n) is 0.648. The van der Waals surface area contributed by atoms with E-state index in [9.17, 15) is 0 Å². The Bertz CT molecular complexity index is 284. The van der Waals surface area contributed by atoms with Crippen LogP contribution >= 0.6 is 57.9 Å². The average Bonchev–Trinajstić information content (AvgIpc) is 2.07. The summed E-state index contributed by atoms with van der Waals surface area (Å²) in [4.78, 5) is 0. The summed E-state index contributed by atoms with van der Waals surface area (Å²) in [6, 6.07) is 0. The molecule has 0 N–H and O–H groups in total. The maximum absolute atomic E-state index is 5.11. The Labute approximate surface area is 92.6 Å². The van der Waals surface area contributed by atoms with E-state index in [1.54, 1.807) is 0 Å². The third kappa shape index (κ3) is 1.27. The topological polar surface area (TPSA) is 9.86 Å². The molecule has 56 valence electrons. The van der Waals surface area contributed by atoms with Crippen molar-refractivity contribution in [1.29, 1.82) is 0 Å². The maximum atomic E-state index is 5.11. The van der Waals surface area contributed by atoms with Gasteiger partial charge in [0.15, 0.2) is 4.77 Å². The van der Waals surface area contributed by atoms with E-state index < -0.39 is 0 Å². The van der Waals surface area contributed by atoms with Crippen LogP contribution in [-0.4, -0.2) is 5.56 Å². The van der Waals surface area contributed by atoms with E-state index in [2.05, 4.69) is 59.6 Å². The predicted molar refractivity (Wildman–Crippen MR) is 61.6 cm³/mol. The first-order chi connectivity index (χ1) is 4.55. The standard InChI is InChI=1S/C5H6I2N2S/c1-3-4(2)9(7)5(10)8(3)6/h1-2H3. The average molecular weight is 380 g/mol. The molecule has 0 atom stereocenters. The van der Waals surface area contributed by atoms with Gasteiger partial charge in [0, 0.05) is 11.4 Å². The minimum absolute atomic E-state index is 0.858. The number of nitrogens with zero attached hydrogens (tertiary/aromatic N) is 2. The second-order valence-electron chi connectivity index (χ2n) is 2.02. The molecule has 10 heavy (non-hydrogen) atoms. The predicted octanol–water partition coefficient (Wildman–Crippen LogP) is 3.03. The van der Waals surface area contributed by atoms with E-state index in [1.165, 1.54) is 11.4 Å². The van der Waals surface area contributed by atoms with E-state index in [1.807, 2.05) is 5.56 Å². The van der Waals surface area contributed by atoms with Gasteiger partial charge >= 0.3 is 0 Å². The molecule has 0 aliphatic carbocycles. The second kappa shape index (κ2) is 3.10. The van der Waals surface area contributed by atoms with Crippen LogP contribution in [0.3, 0.4) is 0 Å². The van der Waals surface area contributed by atoms with Crippen molar-refractivity contribution < 1.29 is 0 Å². The van der Waals surface area contributed by atoms with E-state index >= 15 is 0 Å². The van der Waals surface area contributed by atoms with Crippen molar-refractivity contribution in [2.24, 2.45) is 0 Å². The fraction of sp³-hybridized carbons (Fsp3) is 0.400. The van der Waals surface area contributed by atoms with E-state index in [-0.39, 0.29) is 0 Å². The van der Waals surface area contributed by atoms with Gasteiger partial charge in [0.25, 0.3) is 0 Å². The molecule has 0 saturated carbocycles. The van der Waals surface area contributed by atoms with Gasteiger partial charge in [0.2, 0.25) is 0 Å². The van der Waals surface area contributed by atoms with Crippen molar-refractivity contribution in [1.82, 2.24) is 5.56 Å². The van der Waals surface area contributed by atoms with E-state index in [0.29, 0.717) is 0 Å². The second-order valence-corrected chi connectivity index (χ2v) is 4.31. The Kier molecular flexibility index (Phi) is 2.78. The lowest BCUT2D eigenvalue weighted by atomic mass is 10.4. The third-order valence-electron chi connectivity index (χ3n) is 1.45. The SMILES string of the molecule is Cc1c(C)n(I)c(=S)n1I. The summed E-state index contributed by atoms with van der Waals surface area (Å²) >= 11 is 9.52. The molecule has 0 amide bonds. The van der Waals surface area contributed by atoms with Gasteiger partial charge < -0.3 is 0 Å². The molecule has 1 heterocycles. The van der Waals surface area contributed by atoms with Gasteiger partial charge in [-0.05, 0) is 26.1 Å². The van der Waals surface area contributed by atoms with Gasteiger partial charge in [-0.15, -0.1) is 0 Å². The molecule has 0 unspecified atom stereocenters. The highest BCUT2D eigenvalue weighted by Crippen LogP contribution is 2.16. The highest BCUT2D eigenvalue weighted by molar-refractivity contribution is 14.1. The maximum Gasteiger partial charge on any atom is 0.198 e. The normalized spacial score (nSPS) is 10.4. The zero-order chi connectivity index (χ0) is 7.89. The zero-order valence-corrected chi connectivity index (χ0v) is 10.7. The number of hydrogen-bond acceptors (Lipinski definition) is 1. The van der Waals surface area contributed by atoms with Crippen molar-refractivity contribution in [2.45, 2.75) is 13.8 Å². The molecule has 1 aromatic rings. The molecular formula is C5H6I2N2S. The van der Waals surface area contributed by atoms with Gasteiger partial charge in [0.1, 0.15) is 0 Å². The Hall–Kier alpha value is 0.890. The Morgan fingerprint density at radius 1 is 1.10 bits per heavy atom. The van der Waals surface area contributed by atoms with Crippen LogP contribution in [0.25, 0.3) is 0 Å². The van der Waals surface area contributed by atoms with Crippen LogP contribution in [0.2, 0.25) is 0 Å². The molecule has 0 aliphatic heterocycles. The lowest BCUT2D eigenvalue weighted by Gasteiger charge is -1.89. The molecule has 1 rings (SSSR count). The van der Waals surface area contributed by atoms with Crippen LogP contribution in [0.15, 0.2) is 0 Å². The molecule has 2 nitrogen and oxygen atoms in total. The first kappa shape index (κ1) is 8.98. The highest BCUT2D eigenvalue weighted by Gasteiger charge is 2.05. The monoisotopic (exact) mass is 380 g/mol. The van der Waals surface area contributed by atoms with Crippen molar-refractivity contribution in [3.05, 3.63) is 16.2 Å². The Balaban J connectivity index is 3.60. The summed E-state index contributed by atoms with van der Waals surface area (Å²) in [6.45, 7) is 4.12.